The van der Waals surface area contributed by atoms with Crippen LogP contribution in [0.2, 0.25) is 0 Å². The highest BCUT2D eigenvalue weighted by Gasteiger charge is 2.37. The number of carboxylic acid groups (broad SMARTS) is 1. The van der Waals surface area contributed by atoms with Gasteiger partial charge in [0.2, 0.25) is 0 Å². The molecule has 0 atom stereocenters. The third-order valence-electron chi connectivity index (χ3n) is 7.44. The van der Waals surface area contributed by atoms with Crippen LogP contribution in [0.25, 0.3) is 12.2 Å². The molecule has 2 N–H and O–H groups in total. The molecule has 0 bridgehead atoms. The number of amides is 1. The Hall–Kier alpha value is -2.88. The van der Waals surface area contributed by atoms with Crippen molar-refractivity contribution in [1.29, 1.82) is 0 Å². The number of hydrogen-bond acceptors (Lipinski definition) is 2. The van der Waals surface area contributed by atoms with Gasteiger partial charge in [-0.1, -0.05) is 90.3 Å². The molecule has 1 amide bonds. The van der Waals surface area contributed by atoms with E-state index in [1.54, 1.807) is 12.1 Å². The van der Waals surface area contributed by atoms with Crippen molar-refractivity contribution in [1.82, 2.24) is 5.32 Å². The van der Waals surface area contributed by atoms with Crippen LogP contribution in [0.1, 0.15) is 111 Å². The number of aliphatic carboxylic acids is 1. The summed E-state index contributed by atoms with van der Waals surface area (Å²) in [6, 6.07) is 12.2. The fourth-order valence-electron chi connectivity index (χ4n) is 4.98. The minimum Gasteiger partial charge on any atom is -0.480 e. The number of carbonyl (C=O) groups excluding carboxylic acids is 1. The zero-order valence-corrected chi connectivity index (χ0v) is 22.0. The van der Waals surface area contributed by atoms with Crippen LogP contribution in [0.15, 0.2) is 36.4 Å². The predicted molar refractivity (Wildman–Crippen MR) is 145 cm³/mol. The number of rotatable bonds is 10. The molecule has 1 aliphatic carbocycles. The van der Waals surface area contributed by atoms with E-state index in [1.807, 2.05) is 12.1 Å². The topological polar surface area (TPSA) is 66.4 Å². The Bertz CT molecular complexity index is 1080. The molecule has 4 heteroatoms. The molecule has 1 aliphatic rings. The molecule has 0 saturated carbocycles. The Morgan fingerprint density at radius 3 is 2.14 bits per heavy atom. The quantitative estimate of drug-likeness (QED) is 0.283. The second kappa shape index (κ2) is 11.2. The number of fused-ring (bicyclic) bond motifs is 1. The zero-order valence-electron chi connectivity index (χ0n) is 22.0. The number of aryl methyl sites for hydroxylation is 1. The van der Waals surface area contributed by atoms with Gasteiger partial charge in [0.15, 0.2) is 0 Å². The molecule has 2 aromatic carbocycles. The Kier molecular flexibility index (Phi) is 8.58. The number of nitrogens with one attached hydrogen (secondary N) is 1. The summed E-state index contributed by atoms with van der Waals surface area (Å²) in [7, 11) is 0. The number of carboxylic acids is 1. The number of hydrogen-bond donors (Lipinski definition) is 2. The van der Waals surface area contributed by atoms with Gasteiger partial charge in [0.25, 0.3) is 5.91 Å². The summed E-state index contributed by atoms with van der Waals surface area (Å²) in [6.45, 7) is 11.4. The van der Waals surface area contributed by atoms with Crippen molar-refractivity contribution in [3.63, 3.8) is 0 Å². The van der Waals surface area contributed by atoms with Crippen molar-refractivity contribution in [2.45, 2.75) is 90.4 Å². The first-order valence-electron chi connectivity index (χ1n) is 13.0. The van der Waals surface area contributed by atoms with Gasteiger partial charge in [0, 0.05) is 5.56 Å². The molecule has 0 heterocycles. The zero-order chi connectivity index (χ0) is 25.6. The maximum Gasteiger partial charge on any atom is 0.322 e. The molecule has 35 heavy (non-hydrogen) atoms. The van der Waals surface area contributed by atoms with Crippen LogP contribution in [0, 0.1) is 0 Å². The highest BCUT2D eigenvalue weighted by molar-refractivity contribution is 5.96. The van der Waals surface area contributed by atoms with Crippen LogP contribution in [-0.2, 0) is 22.0 Å². The molecular formula is C31H41NO3. The molecule has 3 rings (SSSR count). The van der Waals surface area contributed by atoms with E-state index in [4.69, 9.17) is 5.11 Å². The van der Waals surface area contributed by atoms with Gasteiger partial charge in [-0.25, -0.2) is 0 Å². The van der Waals surface area contributed by atoms with Crippen LogP contribution in [0.4, 0.5) is 0 Å². The number of unbranched alkanes of at least 4 members (excludes halogenated alkanes) is 3. The second-order valence-corrected chi connectivity index (χ2v) is 11.2. The lowest BCUT2D eigenvalue weighted by molar-refractivity contribution is -0.135. The lowest BCUT2D eigenvalue weighted by Crippen LogP contribution is -2.34. The molecule has 0 aliphatic heterocycles. The maximum atomic E-state index is 12.1. The van der Waals surface area contributed by atoms with Gasteiger partial charge in [0.1, 0.15) is 6.54 Å². The monoisotopic (exact) mass is 475 g/mol. The van der Waals surface area contributed by atoms with Crippen molar-refractivity contribution in [3.8, 4) is 0 Å². The standard InChI is InChI=1S/C31H41NO3/c1-6-7-8-9-10-24-19-26-27(31(4,5)18-17-30(26,2)3)20-25(24)16-13-22-11-14-23(15-12-22)29(35)32-21-28(33)34/h11-16,19-20H,6-10,17-18,21H2,1-5H3,(H,32,35)(H,33,34)/b16-13+. The van der Waals surface area contributed by atoms with E-state index < -0.39 is 5.97 Å². The maximum absolute atomic E-state index is 12.1. The van der Waals surface area contributed by atoms with Gasteiger partial charge in [-0.2, -0.15) is 0 Å². The first-order chi connectivity index (χ1) is 16.5. The first-order valence-corrected chi connectivity index (χ1v) is 13.0. The number of benzene rings is 2. The highest BCUT2D eigenvalue weighted by Crippen LogP contribution is 2.47. The van der Waals surface area contributed by atoms with Crippen LogP contribution >= 0.6 is 0 Å². The van der Waals surface area contributed by atoms with E-state index in [-0.39, 0.29) is 23.3 Å². The minimum atomic E-state index is -1.06. The average molecular weight is 476 g/mol. The summed E-state index contributed by atoms with van der Waals surface area (Å²) < 4.78 is 0. The third-order valence-corrected chi connectivity index (χ3v) is 7.44. The van der Waals surface area contributed by atoms with E-state index in [0.717, 1.165) is 12.0 Å². The second-order valence-electron chi connectivity index (χ2n) is 11.2. The van der Waals surface area contributed by atoms with Gasteiger partial charge in [-0.3, -0.25) is 9.59 Å². The fourth-order valence-corrected chi connectivity index (χ4v) is 4.98. The molecule has 0 fully saturated rings. The summed E-state index contributed by atoms with van der Waals surface area (Å²) in [4.78, 5) is 22.8. The van der Waals surface area contributed by atoms with Gasteiger partial charge < -0.3 is 10.4 Å². The average Bonchev–Trinajstić information content (AvgIpc) is 2.82. The van der Waals surface area contributed by atoms with E-state index in [1.165, 1.54) is 60.8 Å². The third kappa shape index (κ3) is 6.84. The van der Waals surface area contributed by atoms with Crippen molar-refractivity contribution in [2.24, 2.45) is 0 Å². The van der Waals surface area contributed by atoms with Crippen molar-refractivity contribution in [2.75, 3.05) is 6.54 Å². The summed E-state index contributed by atoms with van der Waals surface area (Å²) in [5.74, 6) is -1.43. The molecule has 0 aromatic heterocycles. The van der Waals surface area contributed by atoms with Crippen LogP contribution in [0.5, 0.6) is 0 Å². The SMILES string of the molecule is CCCCCCc1cc2c(cc1/C=C/c1ccc(C(=O)NCC(=O)O)cc1)C(C)(C)CCC2(C)C. The molecule has 2 aromatic rings. The molecule has 0 spiro atoms. The summed E-state index contributed by atoms with van der Waals surface area (Å²) in [5.41, 5.74) is 7.51. The van der Waals surface area contributed by atoms with Crippen molar-refractivity contribution >= 4 is 24.0 Å². The van der Waals surface area contributed by atoms with E-state index in [2.05, 4.69) is 64.2 Å². The van der Waals surface area contributed by atoms with Gasteiger partial charge in [-0.15, -0.1) is 0 Å². The first kappa shape index (κ1) is 26.7. The van der Waals surface area contributed by atoms with Crippen LogP contribution in [0.3, 0.4) is 0 Å². The Balaban J connectivity index is 1.89. The fraction of sp³-hybridized carbons (Fsp3) is 0.484. The summed E-state index contributed by atoms with van der Waals surface area (Å²) >= 11 is 0. The molecule has 4 nitrogen and oxygen atoms in total. The van der Waals surface area contributed by atoms with Crippen molar-refractivity contribution < 1.29 is 14.7 Å². The van der Waals surface area contributed by atoms with Gasteiger partial charge in [-0.05, 0) is 76.5 Å². The Morgan fingerprint density at radius 2 is 1.54 bits per heavy atom. The molecule has 0 saturated heterocycles. The van der Waals surface area contributed by atoms with Crippen molar-refractivity contribution in [3.05, 3.63) is 69.8 Å². The molecule has 188 valence electrons. The number of carbonyl (C=O) groups is 2. The molecule has 0 unspecified atom stereocenters. The largest absolute Gasteiger partial charge is 0.480 e. The minimum absolute atomic E-state index is 0.166. The smallest absolute Gasteiger partial charge is 0.322 e. The molecular weight excluding hydrogens is 434 g/mol. The molecule has 0 radical (unpaired) electrons. The van der Waals surface area contributed by atoms with Crippen LogP contribution in [-0.4, -0.2) is 23.5 Å². The Morgan fingerprint density at radius 1 is 0.914 bits per heavy atom. The van der Waals surface area contributed by atoms with Crippen LogP contribution < -0.4 is 5.32 Å². The lowest BCUT2D eigenvalue weighted by Gasteiger charge is -2.42. The normalized spacial score (nSPS) is 16.1. The summed E-state index contributed by atoms with van der Waals surface area (Å²) in [6.07, 6.45) is 12.8. The van der Waals surface area contributed by atoms with E-state index in [0.29, 0.717) is 5.56 Å². The van der Waals surface area contributed by atoms with Gasteiger partial charge >= 0.3 is 5.97 Å². The van der Waals surface area contributed by atoms with E-state index in [9.17, 15) is 9.59 Å². The lowest BCUT2D eigenvalue weighted by atomic mass is 9.62. The predicted octanol–water partition coefficient (Wildman–Crippen LogP) is 7.14. The van der Waals surface area contributed by atoms with Gasteiger partial charge in [0.05, 0.1) is 0 Å². The highest BCUT2D eigenvalue weighted by atomic mass is 16.4. The van der Waals surface area contributed by atoms with E-state index >= 15 is 0 Å². The summed E-state index contributed by atoms with van der Waals surface area (Å²) in [5, 5.41) is 11.1. The Labute approximate surface area is 210 Å².